The zero-order valence-electron chi connectivity index (χ0n) is 13.5. The van der Waals surface area contributed by atoms with Crippen molar-refractivity contribution in [3.63, 3.8) is 0 Å². The van der Waals surface area contributed by atoms with Crippen LogP contribution in [-0.2, 0) is 6.42 Å². The smallest absolute Gasteiger partial charge is 0.0399 e. The Morgan fingerprint density at radius 3 is 2.57 bits per heavy atom. The highest BCUT2D eigenvalue weighted by Crippen LogP contribution is 2.38. The van der Waals surface area contributed by atoms with Crippen molar-refractivity contribution >= 4 is 5.69 Å². The third kappa shape index (κ3) is 3.26. The van der Waals surface area contributed by atoms with Gasteiger partial charge in [-0.05, 0) is 43.4 Å². The van der Waals surface area contributed by atoms with Gasteiger partial charge in [0.25, 0.3) is 0 Å². The highest BCUT2D eigenvalue weighted by Gasteiger charge is 2.33. The van der Waals surface area contributed by atoms with Crippen molar-refractivity contribution in [3.8, 4) is 0 Å². The highest BCUT2D eigenvalue weighted by atomic mass is 15.1. The van der Waals surface area contributed by atoms with E-state index in [2.05, 4.69) is 36.1 Å². The summed E-state index contributed by atoms with van der Waals surface area (Å²) in [5.41, 5.74) is 9.59. The lowest BCUT2D eigenvalue weighted by molar-refractivity contribution is 0.253. The van der Waals surface area contributed by atoms with E-state index in [4.69, 9.17) is 5.73 Å². The second-order valence-electron chi connectivity index (χ2n) is 7.44. The van der Waals surface area contributed by atoms with E-state index in [1.165, 1.54) is 62.7 Å². The summed E-state index contributed by atoms with van der Waals surface area (Å²) in [6.07, 6.45) is 9.38. The Morgan fingerprint density at radius 1 is 1.14 bits per heavy atom. The summed E-state index contributed by atoms with van der Waals surface area (Å²) in [5, 5.41) is 0. The van der Waals surface area contributed by atoms with Crippen molar-refractivity contribution in [3.05, 3.63) is 29.8 Å². The van der Waals surface area contributed by atoms with Crippen molar-refractivity contribution in [2.24, 2.45) is 17.1 Å². The molecule has 0 aromatic heterocycles. The topological polar surface area (TPSA) is 29.3 Å². The van der Waals surface area contributed by atoms with Gasteiger partial charge in [0.05, 0.1) is 0 Å². The van der Waals surface area contributed by atoms with Crippen LogP contribution in [0.3, 0.4) is 0 Å². The highest BCUT2D eigenvalue weighted by molar-refractivity contribution is 5.56. The summed E-state index contributed by atoms with van der Waals surface area (Å²) in [6, 6.07) is 8.98. The van der Waals surface area contributed by atoms with E-state index in [0.717, 1.165) is 19.0 Å². The second-order valence-corrected chi connectivity index (χ2v) is 7.44. The molecule has 0 radical (unpaired) electrons. The number of hydrogen-bond donors (Lipinski definition) is 1. The average molecular weight is 286 g/mol. The maximum absolute atomic E-state index is 6.25. The molecule has 0 saturated heterocycles. The van der Waals surface area contributed by atoms with Crippen molar-refractivity contribution in [2.45, 2.75) is 51.9 Å². The van der Waals surface area contributed by atoms with Gasteiger partial charge in [0.1, 0.15) is 0 Å². The van der Waals surface area contributed by atoms with Crippen molar-refractivity contribution in [2.75, 3.05) is 24.5 Å². The number of nitrogens with two attached hydrogens (primary N) is 1. The fourth-order valence-electron chi connectivity index (χ4n) is 4.37. The molecule has 1 heterocycles. The summed E-state index contributed by atoms with van der Waals surface area (Å²) in [7, 11) is 0. The molecule has 116 valence electrons. The Hall–Kier alpha value is -1.02. The van der Waals surface area contributed by atoms with Gasteiger partial charge in [-0.2, -0.15) is 0 Å². The van der Waals surface area contributed by atoms with Gasteiger partial charge in [-0.3, -0.25) is 0 Å². The van der Waals surface area contributed by atoms with E-state index in [0.29, 0.717) is 5.41 Å². The molecule has 0 bridgehead atoms. The molecule has 1 atom stereocenters. The minimum Gasteiger partial charge on any atom is -0.370 e. The zero-order chi connectivity index (χ0) is 14.7. The van der Waals surface area contributed by atoms with Crippen LogP contribution in [0.2, 0.25) is 0 Å². The molecule has 2 heteroatoms. The van der Waals surface area contributed by atoms with Crippen LogP contribution < -0.4 is 10.6 Å². The Labute approximate surface area is 129 Å². The van der Waals surface area contributed by atoms with Crippen LogP contribution in [0.1, 0.15) is 51.0 Å². The monoisotopic (exact) mass is 286 g/mol. The lowest BCUT2D eigenvalue weighted by Crippen LogP contribution is -2.46. The van der Waals surface area contributed by atoms with Gasteiger partial charge in [0.15, 0.2) is 0 Å². The van der Waals surface area contributed by atoms with Gasteiger partial charge >= 0.3 is 0 Å². The van der Waals surface area contributed by atoms with E-state index >= 15 is 0 Å². The maximum atomic E-state index is 6.25. The molecule has 0 amide bonds. The number of benzene rings is 1. The average Bonchev–Trinajstić information content (AvgIpc) is 2.73. The van der Waals surface area contributed by atoms with Gasteiger partial charge in [-0.15, -0.1) is 0 Å². The van der Waals surface area contributed by atoms with Gasteiger partial charge in [0.2, 0.25) is 0 Å². The number of anilines is 1. The van der Waals surface area contributed by atoms with Crippen LogP contribution in [0.15, 0.2) is 24.3 Å². The molecule has 2 N–H and O–H groups in total. The molecule has 3 rings (SSSR count). The largest absolute Gasteiger partial charge is 0.370 e. The molecular weight excluding hydrogens is 256 g/mol. The van der Waals surface area contributed by atoms with E-state index < -0.39 is 0 Å². The molecule has 2 nitrogen and oxygen atoms in total. The number of nitrogens with zero attached hydrogens (tertiary/aromatic N) is 1. The summed E-state index contributed by atoms with van der Waals surface area (Å²) in [4.78, 5) is 2.64. The van der Waals surface area contributed by atoms with Crippen LogP contribution in [0.25, 0.3) is 0 Å². The van der Waals surface area contributed by atoms with Crippen LogP contribution in [0.4, 0.5) is 5.69 Å². The molecule has 1 aliphatic carbocycles. The minimum atomic E-state index is 0.348. The molecule has 1 aliphatic heterocycles. The first kappa shape index (κ1) is 14.9. The number of para-hydroxylation sites is 1. The first-order valence-electron chi connectivity index (χ1n) is 8.75. The van der Waals surface area contributed by atoms with Crippen LogP contribution in [0.5, 0.6) is 0 Å². The lowest BCUT2D eigenvalue weighted by Gasteiger charge is -2.42. The summed E-state index contributed by atoms with van der Waals surface area (Å²) in [6.45, 7) is 5.58. The van der Waals surface area contributed by atoms with Crippen LogP contribution in [-0.4, -0.2) is 19.6 Å². The third-order valence-corrected chi connectivity index (χ3v) is 5.56. The van der Waals surface area contributed by atoms with E-state index in [1.54, 1.807) is 0 Å². The van der Waals surface area contributed by atoms with Gasteiger partial charge in [-0.1, -0.05) is 50.8 Å². The second kappa shape index (κ2) is 6.39. The summed E-state index contributed by atoms with van der Waals surface area (Å²) in [5.74, 6) is 0.750. The lowest BCUT2D eigenvalue weighted by atomic mass is 9.79. The van der Waals surface area contributed by atoms with E-state index in [9.17, 15) is 0 Å². The quantitative estimate of drug-likeness (QED) is 0.851. The zero-order valence-corrected chi connectivity index (χ0v) is 13.5. The Morgan fingerprint density at radius 2 is 1.86 bits per heavy atom. The number of hydrogen-bond acceptors (Lipinski definition) is 2. The van der Waals surface area contributed by atoms with Gasteiger partial charge < -0.3 is 10.6 Å². The summed E-state index contributed by atoms with van der Waals surface area (Å²) < 4.78 is 0. The molecule has 1 unspecified atom stereocenters. The number of fused-ring (bicyclic) bond motifs is 1. The molecular formula is C19H30N2. The Bertz CT molecular complexity index is 460. The first-order valence-corrected chi connectivity index (χ1v) is 8.75. The Kier molecular flexibility index (Phi) is 4.54. The fraction of sp³-hybridized carbons (Fsp3) is 0.684. The predicted molar refractivity (Wildman–Crippen MR) is 90.7 cm³/mol. The predicted octanol–water partition coefficient (Wildman–Crippen LogP) is 3.98. The molecule has 21 heavy (non-hydrogen) atoms. The number of rotatable bonds is 3. The minimum absolute atomic E-state index is 0.348. The fourth-order valence-corrected chi connectivity index (χ4v) is 4.37. The third-order valence-electron chi connectivity index (χ3n) is 5.56. The Balaban J connectivity index is 1.82. The van der Waals surface area contributed by atoms with Gasteiger partial charge in [-0.25, -0.2) is 0 Å². The molecule has 1 aromatic carbocycles. The first-order chi connectivity index (χ1) is 10.2. The summed E-state index contributed by atoms with van der Waals surface area (Å²) >= 11 is 0. The molecule has 1 aromatic rings. The van der Waals surface area contributed by atoms with E-state index in [-0.39, 0.29) is 0 Å². The van der Waals surface area contributed by atoms with Crippen molar-refractivity contribution in [1.82, 2.24) is 0 Å². The van der Waals surface area contributed by atoms with Crippen LogP contribution >= 0.6 is 0 Å². The van der Waals surface area contributed by atoms with Crippen molar-refractivity contribution < 1.29 is 0 Å². The SMILES string of the molecule is CC1Cc2ccccc2N(CC2(CN)CCCCCC2)C1. The molecule has 0 spiro atoms. The molecule has 2 aliphatic rings. The molecule has 1 saturated carbocycles. The van der Waals surface area contributed by atoms with Crippen LogP contribution in [0, 0.1) is 11.3 Å². The maximum Gasteiger partial charge on any atom is 0.0399 e. The van der Waals surface area contributed by atoms with E-state index in [1.807, 2.05) is 0 Å². The molecule has 1 fully saturated rings. The normalized spacial score (nSPS) is 25.2. The standard InChI is InChI=1S/C19H30N2/c1-16-12-17-8-4-5-9-18(17)21(13-16)15-19(14-20)10-6-2-3-7-11-19/h4-5,8-9,16H,2-3,6-7,10-15,20H2,1H3. The van der Waals surface area contributed by atoms with Crippen molar-refractivity contribution in [1.29, 1.82) is 0 Å². The van der Waals surface area contributed by atoms with Gasteiger partial charge in [0, 0.05) is 24.2 Å².